The summed E-state index contributed by atoms with van der Waals surface area (Å²) in [6.45, 7) is 1.86. The first kappa shape index (κ1) is 12.9. The molecule has 2 aliphatic rings. The Morgan fingerprint density at radius 2 is 2.05 bits per heavy atom. The normalized spacial score (nSPS) is 30.2. The summed E-state index contributed by atoms with van der Waals surface area (Å²) in [7, 11) is 2.22. The second-order valence-electron chi connectivity index (χ2n) is 6.00. The third-order valence-electron chi connectivity index (χ3n) is 4.65. The van der Waals surface area contributed by atoms with Crippen molar-refractivity contribution in [2.24, 2.45) is 5.73 Å². The van der Waals surface area contributed by atoms with Gasteiger partial charge >= 0.3 is 0 Å². The van der Waals surface area contributed by atoms with Crippen molar-refractivity contribution in [1.29, 1.82) is 0 Å². The molecule has 2 N–H and O–H groups in total. The van der Waals surface area contributed by atoms with E-state index in [2.05, 4.69) is 30.1 Å². The van der Waals surface area contributed by atoms with E-state index in [1.54, 1.807) is 0 Å². The second-order valence-corrected chi connectivity index (χ2v) is 6.00. The SMILES string of the molecule is CN(CC1COc2ccccc21)C1CCCCC1N. The molecule has 3 unspecified atom stereocenters. The van der Waals surface area contributed by atoms with Gasteiger partial charge in [0.1, 0.15) is 5.75 Å². The summed E-state index contributed by atoms with van der Waals surface area (Å²) < 4.78 is 5.77. The van der Waals surface area contributed by atoms with Crippen molar-refractivity contribution in [3.63, 3.8) is 0 Å². The van der Waals surface area contributed by atoms with Crippen molar-refractivity contribution < 1.29 is 4.74 Å². The summed E-state index contributed by atoms with van der Waals surface area (Å²) in [6.07, 6.45) is 5.03. The predicted molar refractivity (Wildman–Crippen MR) is 77.5 cm³/mol. The highest BCUT2D eigenvalue weighted by atomic mass is 16.5. The highest BCUT2D eigenvalue weighted by Gasteiger charge is 2.30. The summed E-state index contributed by atoms with van der Waals surface area (Å²) in [6, 6.07) is 9.30. The molecular formula is C16H24N2O. The molecule has 0 spiro atoms. The Morgan fingerprint density at radius 3 is 2.89 bits per heavy atom. The minimum absolute atomic E-state index is 0.344. The topological polar surface area (TPSA) is 38.5 Å². The molecule has 1 saturated carbocycles. The van der Waals surface area contributed by atoms with E-state index in [9.17, 15) is 0 Å². The minimum atomic E-state index is 0.344. The van der Waals surface area contributed by atoms with E-state index in [1.165, 1.54) is 31.2 Å². The Labute approximate surface area is 115 Å². The lowest BCUT2D eigenvalue weighted by Gasteiger charge is -2.37. The quantitative estimate of drug-likeness (QED) is 0.906. The lowest BCUT2D eigenvalue weighted by atomic mass is 9.89. The Kier molecular flexibility index (Phi) is 3.76. The molecular weight excluding hydrogens is 236 g/mol. The minimum Gasteiger partial charge on any atom is -0.493 e. The molecule has 1 aliphatic carbocycles. The molecule has 104 valence electrons. The third kappa shape index (κ3) is 2.63. The fraction of sp³-hybridized carbons (Fsp3) is 0.625. The Morgan fingerprint density at radius 1 is 1.26 bits per heavy atom. The molecule has 0 radical (unpaired) electrons. The third-order valence-corrected chi connectivity index (χ3v) is 4.65. The van der Waals surface area contributed by atoms with Crippen LogP contribution in [-0.2, 0) is 0 Å². The van der Waals surface area contributed by atoms with Gasteiger partial charge in [-0.15, -0.1) is 0 Å². The highest BCUT2D eigenvalue weighted by molar-refractivity contribution is 5.39. The van der Waals surface area contributed by atoms with Gasteiger partial charge in [-0.05, 0) is 26.0 Å². The van der Waals surface area contributed by atoms with Crippen molar-refractivity contribution in [2.75, 3.05) is 20.2 Å². The molecule has 1 aliphatic heterocycles. The number of fused-ring (bicyclic) bond motifs is 1. The maximum absolute atomic E-state index is 6.28. The number of hydrogen-bond donors (Lipinski definition) is 1. The molecule has 0 amide bonds. The van der Waals surface area contributed by atoms with E-state index in [0.717, 1.165) is 18.9 Å². The maximum Gasteiger partial charge on any atom is 0.122 e. The summed E-state index contributed by atoms with van der Waals surface area (Å²) in [5, 5.41) is 0. The summed E-state index contributed by atoms with van der Waals surface area (Å²) in [4.78, 5) is 2.46. The van der Waals surface area contributed by atoms with Gasteiger partial charge in [0, 0.05) is 30.1 Å². The zero-order valence-corrected chi connectivity index (χ0v) is 11.7. The van der Waals surface area contributed by atoms with Crippen LogP contribution in [0.25, 0.3) is 0 Å². The van der Waals surface area contributed by atoms with E-state index in [0.29, 0.717) is 18.0 Å². The van der Waals surface area contributed by atoms with Gasteiger partial charge in [-0.25, -0.2) is 0 Å². The van der Waals surface area contributed by atoms with E-state index >= 15 is 0 Å². The van der Waals surface area contributed by atoms with Gasteiger partial charge in [-0.2, -0.15) is 0 Å². The molecule has 1 heterocycles. The maximum atomic E-state index is 6.28. The van der Waals surface area contributed by atoms with Crippen LogP contribution < -0.4 is 10.5 Å². The number of hydrogen-bond acceptors (Lipinski definition) is 3. The van der Waals surface area contributed by atoms with Gasteiger partial charge in [0.05, 0.1) is 6.61 Å². The van der Waals surface area contributed by atoms with Crippen molar-refractivity contribution in [2.45, 2.75) is 43.7 Å². The predicted octanol–water partition coefficient (Wildman–Crippen LogP) is 2.36. The number of nitrogens with two attached hydrogens (primary N) is 1. The first-order valence-corrected chi connectivity index (χ1v) is 7.43. The van der Waals surface area contributed by atoms with Crippen LogP contribution in [0.5, 0.6) is 5.75 Å². The molecule has 0 aromatic heterocycles. The number of benzene rings is 1. The van der Waals surface area contributed by atoms with Crippen LogP contribution in [-0.4, -0.2) is 37.2 Å². The first-order chi connectivity index (χ1) is 9.25. The van der Waals surface area contributed by atoms with E-state index in [4.69, 9.17) is 10.5 Å². The molecule has 0 saturated heterocycles. The molecule has 1 fully saturated rings. The number of ether oxygens (including phenoxy) is 1. The Hall–Kier alpha value is -1.06. The summed E-state index contributed by atoms with van der Waals surface area (Å²) >= 11 is 0. The molecule has 3 heteroatoms. The van der Waals surface area contributed by atoms with Gasteiger partial charge in [0.15, 0.2) is 0 Å². The molecule has 3 atom stereocenters. The zero-order chi connectivity index (χ0) is 13.2. The van der Waals surface area contributed by atoms with Crippen LogP contribution in [0.1, 0.15) is 37.2 Å². The second kappa shape index (κ2) is 5.51. The lowest BCUT2D eigenvalue weighted by Crippen LogP contribution is -2.49. The molecule has 3 nitrogen and oxygen atoms in total. The monoisotopic (exact) mass is 260 g/mol. The fourth-order valence-electron chi connectivity index (χ4n) is 3.55. The van der Waals surface area contributed by atoms with Crippen molar-refractivity contribution in [3.05, 3.63) is 29.8 Å². The lowest BCUT2D eigenvalue weighted by molar-refractivity contribution is 0.154. The van der Waals surface area contributed by atoms with Gasteiger partial charge < -0.3 is 15.4 Å². The van der Waals surface area contributed by atoms with Gasteiger partial charge in [-0.3, -0.25) is 0 Å². The van der Waals surface area contributed by atoms with E-state index in [1.807, 2.05) is 6.07 Å². The molecule has 1 aromatic carbocycles. The molecule has 19 heavy (non-hydrogen) atoms. The van der Waals surface area contributed by atoms with E-state index < -0.39 is 0 Å². The zero-order valence-electron chi connectivity index (χ0n) is 11.7. The van der Waals surface area contributed by atoms with Crippen LogP contribution in [0, 0.1) is 0 Å². The van der Waals surface area contributed by atoms with Crippen LogP contribution in [0.2, 0.25) is 0 Å². The Balaban J connectivity index is 1.66. The number of likely N-dealkylation sites (N-methyl/N-ethyl adjacent to an activating group) is 1. The van der Waals surface area contributed by atoms with Gasteiger partial charge in [0.2, 0.25) is 0 Å². The first-order valence-electron chi connectivity index (χ1n) is 7.43. The molecule has 0 bridgehead atoms. The van der Waals surface area contributed by atoms with Gasteiger partial charge in [0.25, 0.3) is 0 Å². The van der Waals surface area contributed by atoms with Gasteiger partial charge in [-0.1, -0.05) is 31.0 Å². The largest absolute Gasteiger partial charge is 0.493 e. The van der Waals surface area contributed by atoms with Crippen LogP contribution in [0.3, 0.4) is 0 Å². The number of para-hydroxylation sites is 1. The van der Waals surface area contributed by atoms with Crippen LogP contribution >= 0.6 is 0 Å². The van der Waals surface area contributed by atoms with Crippen LogP contribution in [0.15, 0.2) is 24.3 Å². The number of rotatable bonds is 3. The van der Waals surface area contributed by atoms with Crippen molar-refractivity contribution in [3.8, 4) is 5.75 Å². The fourth-order valence-corrected chi connectivity index (χ4v) is 3.55. The average molecular weight is 260 g/mol. The molecule has 3 rings (SSSR count). The highest BCUT2D eigenvalue weighted by Crippen LogP contribution is 2.34. The van der Waals surface area contributed by atoms with Crippen molar-refractivity contribution >= 4 is 0 Å². The number of nitrogens with zero attached hydrogens (tertiary/aromatic N) is 1. The van der Waals surface area contributed by atoms with Crippen LogP contribution in [0.4, 0.5) is 0 Å². The summed E-state index contributed by atoms with van der Waals surface area (Å²) in [5.41, 5.74) is 7.64. The smallest absolute Gasteiger partial charge is 0.122 e. The Bertz CT molecular complexity index is 435. The standard InChI is InChI=1S/C16H24N2O/c1-18(15-8-4-3-7-14(15)17)10-12-11-19-16-9-5-2-6-13(12)16/h2,5-6,9,12,14-15H,3-4,7-8,10-11,17H2,1H3. The van der Waals surface area contributed by atoms with E-state index in [-0.39, 0.29) is 0 Å². The molecule has 1 aromatic rings. The average Bonchev–Trinajstić information content (AvgIpc) is 2.83. The summed E-state index contributed by atoms with van der Waals surface area (Å²) in [5.74, 6) is 1.56. The van der Waals surface area contributed by atoms with Crippen molar-refractivity contribution in [1.82, 2.24) is 4.90 Å².